The topological polar surface area (TPSA) is 123 Å². The molecule has 0 unspecified atom stereocenters. The summed E-state index contributed by atoms with van der Waals surface area (Å²) >= 11 is 0. The molecule has 0 bridgehead atoms. The van der Waals surface area contributed by atoms with Crippen LogP contribution in [0.2, 0.25) is 0 Å². The minimum atomic E-state index is -5.60. The number of carbonyl (C=O) groups is 1. The maximum Gasteiger partial charge on any atom is 0.501 e. The van der Waals surface area contributed by atoms with Crippen molar-refractivity contribution in [1.29, 1.82) is 0 Å². The van der Waals surface area contributed by atoms with Gasteiger partial charge in [0.15, 0.2) is 5.82 Å². The Balaban J connectivity index is 0.856. The minimum Gasteiger partial charge on any atom is -0.382 e. The van der Waals surface area contributed by atoms with Gasteiger partial charge in [0.05, 0.1) is 4.90 Å². The van der Waals surface area contributed by atoms with Crippen LogP contribution in [0.4, 0.5) is 22.4 Å². The highest BCUT2D eigenvalue weighted by atomic mass is 32.2. The maximum absolute atomic E-state index is 14.4. The van der Waals surface area contributed by atoms with Crippen molar-refractivity contribution in [3.63, 3.8) is 0 Å². The zero-order valence-corrected chi connectivity index (χ0v) is 22.2. The van der Waals surface area contributed by atoms with Crippen molar-refractivity contribution in [2.24, 2.45) is 10.8 Å². The molecule has 216 valence electrons. The number of H-pyrrole nitrogens is 1. The van der Waals surface area contributed by atoms with Gasteiger partial charge in [0.2, 0.25) is 0 Å². The maximum atomic E-state index is 14.4. The lowest BCUT2D eigenvalue weighted by molar-refractivity contribution is -0.117. The van der Waals surface area contributed by atoms with E-state index in [4.69, 9.17) is 0 Å². The largest absolute Gasteiger partial charge is 0.501 e. The number of aromatic amines is 1. The number of aliphatic hydroxyl groups is 1. The summed E-state index contributed by atoms with van der Waals surface area (Å²) in [5, 5.41) is 17.3. The molecule has 2 N–H and O–H groups in total. The first-order valence-corrected chi connectivity index (χ1v) is 14.7. The predicted molar refractivity (Wildman–Crippen MR) is 130 cm³/mol. The fourth-order valence-electron chi connectivity index (χ4n) is 6.85. The van der Waals surface area contributed by atoms with Gasteiger partial charge in [0, 0.05) is 68.1 Å². The number of likely N-dealkylation sites (tertiary alicyclic amines) is 3. The number of rotatable bonds is 5. The van der Waals surface area contributed by atoms with Crippen LogP contribution >= 0.6 is 0 Å². The standard InChI is InChI=1S/C25H28F4N6O4S/c26-18-5-17(40(38,39)25(27,28)29)2-1-15(18)8-33-9-23(10-33)13-35(14-23)21(36)34-11-22(12-34)6-16(7-22)19-30-20(32-31-19)24(37)3-4-24/h1-2,5,16,37H,3-4,6-14H2,(H,30,31,32). The third kappa shape index (κ3) is 4.03. The minimum absolute atomic E-state index is 0.0172. The molecule has 15 heteroatoms. The Bertz CT molecular complexity index is 1480. The number of halogens is 4. The van der Waals surface area contributed by atoms with E-state index >= 15 is 0 Å². The van der Waals surface area contributed by atoms with Crippen molar-refractivity contribution in [3.8, 4) is 0 Å². The summed E-state index contributed by atoms with van der Waals surface area (Å²) in [5.41, 5.74) is -6.16. The van der Waals surface area contributed by atoms with Gasteiger partial charge < -0.3 is 14.9 Å². The molecule has 4 heterocycles. The lowest BCUT2D eigenvalue weighted by atomic mass is 9.57. The number of hydrogen-bond donors (Lipinski definition) is 2. The zero-order valence-electron chi connectivity index (χ0n) is 21.4. The SMILES string of the molecule is O=C(N1CC2(CC(c3nc(C4(O)CC4)n[nH]3)C2)C1)N1CC2(CN(Cc3ccc(S(=O)(=O)C(F)(F)F)cc3F)C2)C1. The Kier molecular flexibility index (Phi) is 5.33. The van der Waals surface area contributed by atoms with Crippen LogP contribution in [0.25, 0.3) is 0 Å². The summed E-state index contributed by atoms with van der Waals surface area (Å²) in [6, 6.07) is 2.30. The summed E-state index contributed by atoms with van der Waals surface area (Å²) in [5.74, 6) is 0.566. The first-order chi connectivity index (χ1) is 18.7. The first-order valence-electron chi connectivity index (χ1n) is 13.2. The molecule has 1 aromatic heterocycles. The van der Waals surface area contributed by atoms with Crippen LogP contribution < -0.4 is 0 Å². The monoisotopic (exact) mass is 584 g/mol. The molecule has 0 radical (unpaired) electrons. The molecule has 2 aliphatic carbocycles. The fourth-order valence-corrected chi connectivity index (χ4v) is 7.63. The number of sulfone groups is 1. The van der Waals surface area contributed by atoms with Crippen molar-refractivity contribution in [2.45, 2.75) is 54.2 Å². The van der Waals surface area contributed by atoms with Crippen LogP contribution in [0, 0.1) is 16.6 Å². The average molecular weight is 585 g/mol. The lowest BCUT2D eigenvalue weighted by Crippen LogP contribution is -2.75. The number of nitrogens with zero attached hydrogens (tertiary/aromatic N) is 5. The Morgan fingerprint density at radius 3 is 2.25 bits per heavy atom. The molecule has 5 fully saturated rings. The molecule has 2 aromatic rings. The van der Waals surface area contributed by atoms with E-state index in [9.17, 15) is 35.9 Å². The van der Waals surface area contributed by atoms with Crippen molar-refractivity contribution >= 4 is 15.9 Å². The van der Waals surface area contributed by atoms with E-state index in [2.05, 4.69) is 15.2 Å². The van der Waals surface area contributed by atoms with Gasteiger partial charge in [-0.25, -0.2) is 22.6 Å². The van der Waals surface area contributed by atoms with Crippen LogP contribution in [0.5, 0.6) is 0 Å². The molecule has 1 aromatic carbocycles. The Labute approximate surface area is 227 Å². The van der Waals surface area contributed by atoms with Gasteiger partial charge in [-0.15, -0.1) is 0 Å². The van der Waals surface area contributed by atoms with Gasteiger partial charge in [-0.1, -0.05) is 6.07 Å². The number of carbonyl (C=O) groups excluding carboxylic acids is 1. The molecule has 7 rings (SSSR count). The summed E-state index contributed by atoms with van der Waals surface area (Å²) in [7, 11) is -5.60. The van der Waals surface area contributed by atoms with Crippen molar-refractivity contribution < 1.29 is 35.9 Å². The summed E-state index contributed by atoms with van der Waals surface area (Å²) < 4.78 is 75.6. The lowest BCUT2D eigenvalue weighted by Gasteiger charge is -2.63. The number of benzene rings is 1. The number of urea groups is 1. The number of nitrogens with one attached hydrogen (secondary N) is 1. The number of alkyl halides is 3. The van der Waals surface area contributed by atoms with Crippen molar-refractivity contribution in [3.05, 3.63) is 41.2 Å². The second-order valence-electron chi connectivity index (χ2n) is 12.5. The summed E-state index contributed by atoms with van der Waals surface area (Å²) in [6.07, 6.45) is 3.26. The van der Waals surface area contributed by atoms with E-state index < -0.39 is 31.7 Å². The van der Waals surface area contributed by atoms with E-state index in [0.717, 1.165) is 30.8 Å². The third-order valence-electron chi connectivity index (χ3n) is 9.19. The van der Waals surface area contributed by atoms with Gasteiger partial charge in [-0.2, -0.15) is 18.3 Å². The highest BCUT2D eigenvalue weighted by Gasteiger charge is 2.59. The molecule has 0 atom stereocenters. The molecular formula is C25H28F4N6O4S. The third-order valence-corrected chi connectivity index (χ3v) is 10.7. The molecule has 2 spiro atoms. The second kappa shape index (κ2) is 8.16. The van der Waals surface area contributed by atoms with E-state index in [1.807, 2.05) is 14.7 Å². The quantitative estimate of drug-likeness (QED) is 0.518. The molecule has 40 heavy (non-hydrogen) atoms. The van der Waals surface area contributed by atoms with Gasteiger partial charge >= 0.3 is 11.5 Å². The molecule has 3 aliphatic heterocycles. The average Bonchev–Trinajstić information content (AvgIpc) is 3.32. The van der Waals surface area contributed by atoms with Crippen LogP contribution in [0.3, 0.4) is 0 Å². The Morgan fingerprint density at radius 2 is 1.68 bits per heavy atom. The van der Waals surface area contributed by atoms with Crippen LogP contribution in [0.1, 0.15) is 48.8 Å². The van der Waals surface area contributed by atoms with E-state index in [0.29, 0.717) is 64.0 Å². The zero-order chi connectivity index (χ0) is 28.3. The van der Waals surface area contributed by atoms with Crippen LogP contribution in [0.15, 0.2) is 23.1 Å². The van der Waals surface area contributed by atoms with Gasteiger partial charge in [0.1, 0.15) is 17.2 Å². The molecular weight excluding hydrogens is 556 g/mol. The molecule has 10 nitrogen and oxygen atoms in total. The van der Waals surface area contributed by atoms with Gasteiger partial charge in [-0.05, 0) is 37.8 Å². The number of amides is 2. The van der Waals surface area contributed by atoms with Crippen LogP contribution in [-0.4, -0.2) is 94.2 Å². The predicted octanol–water partition coefficient (Wildman–Crippen LogP) is 2.34. The molecule has 3 saturated heterocycles. The van der Waals surface area contributed by atoms with Crippen molar-refractivity contribution in [1.82, 2.24) is 29.9 Å². The highest BCUT2D eigenvalue weighted by Crippen LogP contribution is 2.56. The smallest absolute Gasteiger partial charge is 0.382 e. The molecule has 2 amide bonds. The summed E-state index contributed by atoms with van der Waals surface area (Å²) in [6.45, 7) is 4.02. The van der Waals surface area contributed by atoms with E-state index in [1.54, 1.807) is 0 Å². The second-order valence-corrected chi connectivity index (χ2v) is 14.5. The number of hydrogen-bond acceptors (Lipinski definition) is 7. The van der Waals surface area contributed by atoms with Crippen molar-refractivity contribution in [2.75, 3.05) is 39.3 Å². The van der Waals surface area contributed by atoms with Gasteiger partial charge in [0.25, 0.3) is 9.84 Å². The highest BCUT2D eigenvalue weighted by molar-refractivity contribution is 7.92. The Morgan fingerprint density at radius 1 is 1.05 bits per heavy atom. The van der Waals surface area contributed by atoms with E-state index in [-0.39, 0.29) is 34.9 Å². The normalized spacial score (nSPS) is 24.8. The first kappa shape index (κ1) is 26.1. The fraction of sp³-hybridized carbons (Fsp3) is 0.640. The van der Waals surface area contributed by atoms with Gasteiger partial charge in [-0.3, -0.25) is 10.00 Å². The summed E-state index contributed by atoms with van der Waals surface area (Å²) in [4.78, 5) is 21.9. The molecule has 2 saturated carbocycles. The Hall–Kier alpha value is -2.78. The van der Waals surface area contributed by atoms with E-state index in [1.165, 1.54) is 0 Å². The number of aromatic nitrogens is 3. The van der Waals surface area contributed by atoms with Crippen LogP contribution in [-0.2, 0) is 22.0 Å². The molecule has 5 aliphatic rings.